The van der Waals surface area contributed by atoms with Gasteiger partial charge in [-0.2, -0.15) is 0 Å². The molecule has 0 aromatic heterocycles. The van der Waals surface area contributed by atoms with Crippen LogP contribution in [-0.2, 0) is 33.8 Å². The molecule has 0 spiro atoms. The Balaban J connectivity index is 0.000000300. The summed E-state index contributed by atoms with van der Waals surface area (Å²) in [6, 6.07) is 5.12. The molecule has 0 aliphatic carbocycles. The number of carboxylic acid groups (broad SMARTS) is 2. The molecule has 0 bridgehead atoms. The Morgan fingerprint density at radius 3 is 2.00 bits per heavy atom. The number of nitrogens with zero attached hydrogens (tertiary/aromatic N) is 2. The predicted octanol–water partition coefficient (Wildman–Crippen LogP) is -1.24. The molecule has 0 saturated carbocycles. The van der Waals surface area contributed by atoms with Crippen molar-refractivity contribution in [1.29, 1.82) is 0 Å². The van der Waals surface area contributed by atoms with Crippen LogP contribution in [0.2, 0.25) is 0 Å². The van der Waals surface area contributed by atoms with Crippen molar-refractivity contribution < 1.29 is 42.6 Å². The second-order valence-electron chi connectivity index (χ2n) is 10.8. The number of amides is 3. The van der Waals surface area contributed by atoms with Crippen LogP contribution in [-0.4, -0.2) is 156 Å². The van der Waals surface area contributed by atoms with Crippen molar-refractivity contribution in [3.8, 4) is 0 Å². The topological polar surface area (TPSA) is 204 Å². The molecule has 4 fully saturated rings. The van der Waals surface area contributed by atoms with Gasteiger partial charge in [0, 0.05) is 63.9 Å². The summed E-state index contributed by atoms with van der Waals surface area (Å²) in [5, 5.41) is 19.7. The number of sulfone groups is 1. The third-order valence-corrected chi connectivity index (χ3v) is 12.0. The van der Waals surface area contributed by atoms with Gasteiger partial charge in [-0.3, -0.25) is 14.4 Å². The minimum absolute atomic E-state index is 0. The molecule has 5 rings (SSSR count). The summed E-state index contributed by atoms with van der Waals surface area (Å²) in [7, 11) is -3.57. The fraction of sp³-hybridized carbons (Fsp3) is 0.542. The Bertz CT molecular complexity index is 1360. The van der Waals surface area contributed by atoms with Crippen LogP contribution in [0.15, 0.2) is 30.3 Å². The van der Waals surface area contributed by atoms with E-state index in [4.69, 9.17) is 10.8 Å². The summed E-state index contributed by atoms with van der Waals surface area (Å²) in [6.45, 7) is 6.28. The Kier molecular flexibility index (Phi) is 10.9. The predicted molar refractivity (Wildman–Crippen MR) is 150 cm³/mol. The largest absolute Gasteiger partial charge is 0.480 e. The van der Waals surface area contributed by atoms with Gasteiger partial charge in [0.05, 0.1) is 11.2 Å². The Morgan fingerprint density at radius 2 is 1.54 bits per heavy atom. The van der Waals surface area contributed by atoms with Crippen LogP contribution in [0, 0.1) is 0 Å². The van der Waals surface area contributed by atoms with Crippen molar-refractivity contribution in [3.63, 3.8) is 0 Å². The molecule has 4 heterocycles. The van der Waals surface area contributed by atoms with E-state index in [-0.39, 0.29) is 76.8 Å². The fourth-order valence-corrected chi connectivity index (χ4v) is 9.18. The molecule has 4 saturated heterocycles. The van der Waals surface area contributed by atoms with Gasteiger partial charge < -0.3 is 31.1 Å². The number of thioether (sulfide) groups is 1. The second kappa shape index (κ2) is 12.4. The smallest absolute Gasteiger partial charge is 0.328 e. The van der Waals surface area contributed by atoms with Crippen molar-refractivity contribution in [2.75, 3.05) is 0 Å². The van der Waals surface area contributed by atoms with Gasteiger partial charge in [-0.25, -0.2) is 18.0 Å². The number of carbonyl (C=O) groups excluding carboxylic acids is 3. The molecule has 0 unspecified atom stereocenters. The zero-order valence-electron chi connectivity index (χ0n) is 23.6. The number of benzene rings is 1. The van der Waals surface area contributed by atoms with Crippen molar-refractivity contribution in [2.24, 2.45) is 5.73 Å². The van der Waals surface area contributed by atoms with E-state index in [9.17, 15) is 37.5 Å². The van der Waals surface area contributed by atoms with Crippen LogP contribution in [0.5, 0.6) is 0 Å². The van der Waals surface area contributed by atoms with Gasteiger partial charge in [0.15, 0.2) is 9.84 Å². The minimum Gasteiger partial charge on any atom is -0.480 e. The van der Waals surface area contributed by atoms with Crippen LogP contribution >= 0.6 is 11.8 Å². The van der Waals surface area contributed by atoms with E-state index in [1.807, 2.05) is 6.07 Å². The number of nitrogens with two attached hydrogens (primary N) is 1. The summed E-state index contributed by atoms with van der Waals surface area (Å²) in [4.78, 5) is 60.6. The maximum absolute atomic E-state index is 12.3. The molecule has 1 aromatic carbocycles. The van der Waals surface area contributed by atoms with Gasteiger partial charge in [-0.1, -0.05) is 30.3 Å². The summed E-state index contributed by atoms with van der Waals surface area (Å²) in [5.74, 6) is -3.52. The molecule has 17 heteroatoms. The van der Waals surface area contributed by atoms with E-state index in [2.05, 4.69) is 5.32 Å². The molecule has 3 amide bonds. The zero-order chi connectivity index (χ0) is 29.2. The van der Waals surface area contributed by atoms with Crippen molar-refractivity contribution >= 4 is 110 Å². The first-order valence-electron chi connectivity index (χ1n) is 12.1. The summed E-state index contributed by atoms with van der Waals surface area (Å²) in [6.07, 6.45) is -0.0878. The normalized spacial score (nSPS) is 29.9. The Morgan fingerprint density at radius 1 is 1.00 bits per heavy atom. The van der Waals surface area contributed by atoms with Gasteiger partial charge in [-0.15, -0.1) is 11.8 Å². The van der Waals surface area contributed by atoms with Gasteiger partial charge >= 0.3 is 11.9 Å². The van der Waals surface area contributed by atoms with E-state index in [0.29, 0.717) is 5.56 Å². The molecule has 5 N–H and O–H groups in total. The fourth-order valence-electron chi connectivity index (χ4n) is 5.43. The number of hydrogen-bond donors (Lipinski definition) is 4. The van der Waals surface area contributed by atoms with Crippen molar-refractivity contribution in [1.82, 2.24) is 15.1 Å². The van der Waals surface area contributed by atoms with Crippen LogP contribution in [0.25, 0.3) is 0 Å². The SMILES string of the molecule is CC1(C)S[C@@H]2[C@H](NC(=O)[C@H](N)c3ccccc3)C(=O)N2[C@H]1C(=O)O.CC1(C)[C@H](C(=O)O)N2C(=O)C[C@H]2S1(=O)=O.[Na].[Na]. The van der Waals surface area contributed by atoms with Gasteiger partial charge in [0.1, 0.15) is 34.9 Å². The number of hydrogen-bond acceptors (Lipinski definition) is 9. The maximum atomic E-state index is 12.3. The number of carbonyl (C=O) groups is 5. The van der Waals surface area contributed by atoms with E-state index < -0.39 is 72.6 Å². The number of carboxylic acids is 2. The third kappa shape index (κ3) is 5.86. The first-order valence-corrected chi connectivity index (χ1v) is 14.5. The molecule has 1 aromatic rings. The number of rotatable bonds is 5. The molecule has 41 heavy (non-hydrogen) atoms. The van der Waals surface area contributed by atoms with Crippen LogP contribution in [0.3, 0.4) is 0 Å². The van der Waals surface area contributed by atoms with Gasteiger partial charge in [0.25, 0.3) is 0 Å². The maximum Gasteiger partial charge on any atom is 0.328 e. The number of fused-ring (bicyclic) bond motifs is 2. The van der Waals surface area contributed by atoms with Crippen LogP contribution < -0.4 is 11.1 Å². The molecule has 214 valence electrons. The first-order chi connectivity index (χ1) is 17.9. The molecule has 13 nitrogen and oxygen atoms in total. The number of nitrogens with one attached hydrogen (secondary N) is 1. The van der Waals surface area contributed by atoms with Crippen molar-refractivity contribution in [2.45, 2.75) is 78.5 Å². The molecule has 4 aliphatic heterocycles. The van der Waals surface area contributed by atoms with Crippen LogP contribution in [0.1, 0.15) is 45.7 Å². The molecular formula is C24H30N4Na2O9S2. The standard InChI is InChI=1S/C16H19N3O4S.C8H11NO5S.2Na/c1-16(2)11(15(22)23)19-13(21)10(14(19)24-16)18-12(20)9(17)8-6-4-3-5-7-8;1-8(2)6(7(11)12)9-4(10)3-5(9)15(8,13)14;;/h3-7,9-11,14H,17H2,1-2H3,(H,18,20)(H,22,23);5-6H,3H2,1-2H3,(H,11,12);;/t9-,10-,11+,14-;5-,6+;;/m11../s1. The number of β-lactam (4-membered cyclic amide) rings is 2. The molecule has 2 radical (unpaired) electrons. The van der Waals surface area contributed by atoms with E-state index >= 15 is 0 Å². The Labute approximate surface area is 285 Å². The Hall–Kier alpha value is -1.17. The summed E-state index contributed by atoms with van der Waals surface area (Å²) in [5.41, 5.74) is 6.59. The average molecular weight is 629 g/mol. The zero-order valence-corrected chi connectivity index (χ0v) is 29.2. The first kappa shape index (κ1) is 36.0. The number of aliphatic carboxylic acids is 2. The molecular weight excluding hydrogens is 598 g/mol. The summed E-state index contributed by atoms with van der Waals surface area (Å²) >= 11 is 1.38. The van der Waals surface area contributed by atoms with Crippen molar-refractivity contribution in [3.05, 3.63) is 35.9 Å². The van der Waals surface area contributed by atoms with Crippen LogP contribution in [0.4, 0.5) is 0 Å². The van der Waals surface area contributed by atoms with Gasteiger partial charge in [-0.05, 0) is 33.3 Å². The van der Waals surface area contributed by atoms with E-state index in [0.717, 1.165) is 4.90 Å². The second-order valence-corrected chi connectivity index (χ2v) is 15.3. The molecule has 6 atom stereocenters. The third-order valence-electron chi connectivity index (χ3n) is 7.62. The van der Waals surface area contributed by atoms with E-state index in [1.165, 1.54) is 30.5 Å². The average Bonchev–Trinajstić information content (AvgIpc) is 3.18. The quantitative estimate of drug-likeness (QED) is 0.224. The van der Waals surface area contributed by atoms with E-state index in [1.54, 1.807) is 38.1 Å². The molecule has 4 aliphatic rings. The van der Waals surface area contributed by atoms with Gasteiger partial charge in [0.2, 0.25) is 17.7 Å². The minimum atomic E-state index is -3.57. The summed E-state index contributed by atoms with van der Waals surface area (Å²) < 4.78 is 21.7. The monoisotopic (exact) mass is 628 g/mol.